The molecule has 0 fully saturated rings. The smallest absolute Gasteiger partial charge is 0.297 e. The molecule has 5 aromatic rings. The number of hydrogen-bond donors (Lipinski definition) is 3. The SMILES string of the molecule is CCC(=O)N1c2ccccc2[C@H](c2cccc(NS(=O)(=O)CCCCC(=O)NCc3cn(-c4ccc(N[C@@H]5C[C@H](C)N(C(=O)CC)c6ccccc65)cc4)nn3)c2[N+](=O)[O-])C[C@@H]1C. The largest absolute Gasteiger partial charge is 0.378 e. The van der Waals surface area contributed by atoms with Crippen molar-refractivity contribution in [1.82, 2.24) is 20.3 Å². The van der Waals surface area contributed by atoms with Gasteiger partial charge in [0.2, 0.25) is 27.7 Å². The Labute approximate surface area is 367 Å². The summed E-state index contributed by atoms with van der Waals surface area (Å²) in [6.07, 6.45) is 4.16. The van der Waals surface area contributed by atoms with Crippen molar-refractivity contribution in [2.45, 2.75) is 103 Å². The van der Waals surface area contributed by atoms with Crippen LogP contribution < -0.4 is 25.2 Å². The van der Waals surface area contributed by atoms with Crippen molar-refractivity contribution < 1.29 is 27.7 Å². The Kier molecular flexibility index (Phi) is 13.5. The molecular formula is C46H53N9O7S. The lowest BCUT2D eigenvalue weighted by atomic mass is 9.80. The molecule has 0 saturated carbocycles. The van der Waals surface area contributed by atoms with Crippen LogP contribution in [0, 0.1) is 10.1 Å². The first-order valence-corrected chi connectivity index (χ1v) is 23.1. The number of aromatic nitrogens is 3. The Balaban J connectivity index is 0.897. The predicted molar refractivity (Wildman–Crippen MR) is 242 cm³/mol. The summed E-state index contributed by atoms with van der Waals surface area (Å²) in [6.45, 7) is 7.78. The van der Waals surface area contributed by atoms with Gasteiger partial charge in [0, 0.05) is 59.9 Å². The lowest BCUT2D eigenvalue weighted by Gasteiger charge is -2.40. The van der Waals surface area contributed by atoms with E-state index >= 15 is 0 Å². The summed E-state index contributed by atoms with van der Waals surface area (Å²) in [4.78, 5) is 53.9. The molecule has 16 nitrogen and oxygen atoms in total. The average molecular weight is 876 g/mol. The number of amides is 3. The number of rotatable bonds is 16. The summed E-state index contributed by atoms with van der Waals surface area (Å²) in [5, 5.41) is 27.4. The number of benzene rings is 4. The Morgan fingerprint density at radius 2 is 1.41 bits per heavy atom. The van der Waals surface area contributed by atoms with Crippen molar-refractivity contribution in [1.29, 1.82) is 0 Å². The van der Waals surface area contributed by atoms with E-state index in [1.165, 1.54) is 6.07 Å². The maximum atomic E-state index is 13.2. The average Bonchev–Trinajstić information content (AvgIpc) is 3.75. The molecule has 0 bridgehead atoms. The number of para-hydroxylation sites is 3. The molecule has 0 saturated heterocycles. The van der Waals surface area contributed by atoms with Crippen molar-refractivity contribution in [3.05, 3.63) is 130 Å². The van der Waals surface area contributed by atoms with Crippen LogP contribution in [0.3, 0.4) is 0 Å². The van der Waals surface area contributed by atoms with Crippen LogP contribution >= 0.6 is 0 Å². The third-order valence-corrected chi connectivity index (χ3v) is 13.1. The van der Waals surface area contributed by atoms with Gasteiger partial charge in [-0.2, -0.15) is 0 Å². The number of nitrogens with one attached hydrogen (secondary N) is 3. The zero-order valence-corrected chi connectivity index (χ0v) is 36.7. The number of nitrogens with zero attached hydrogens (tertiary/aromatic N) is 6. The molecule has 0 spiro atoms. The van der Waals surface area contributed by atoms with Crippen molar-refractivity contribution in [2.75, 3.05) is 25.6 Å². The van der Waals surface area contributed by atoms with Gasteiger partial charge in [0.15, 0.2) is 0 Å². The monoisotopic (exact) mass is 875 g/mol. The zero-order chi connectivity index (χ0) is 44.8. The molecule has 1 aromatic heterocycles. The lowest BCUT2D eigenvalue weighted by molar-refractivity contribution is -0.384. The fraction of sp³-hybridized carbons (Fsp3) is 0.370. The van der Waals surface area contributed by atoms with E-state index < -0.39 is 20.9 Å². The third kappa shape index (κ3) is 9.88. The number of nitro benzene ring substituents is 1. The van der Waals surface area contributed by atoms with Crippen LogP contribution in [0.25, 0.3) is 5.69 Å². The van der Waals surface area contributed by atoms with E-state index in [2.05, 4.69) is 38.7 Å². The van der Waals surface area contributed by atoms with Gasteiger partial charge in [-0.25, -0.2) is 13.1 Å². The van der Waals surface area contributed by atoms with E-state index in [-0.39, 0.29) is 78.8 Å². The Morgan fingerprint density at radius 3 is 2.08 bits per heavy atom. The van der Waals surface area contributed by atoms with Crippen molar-refractivity contribution in [3.8, 4) is 5.69 Å². The number of carbonyl (C=O) groups excluding carboxylic acids is 3. The van der Waals surface area contributed by atoms with Gasteiger partial charge < -0.3 is 20.4 Å². The van der Waals surface area contributed by atoms with Crippen LogP contribution in [0.2, 0.25) is 0 Å². The van der Waals surface area contributed by atoms with Crippen LogP contribution in [0.5, 0.6) is 0 Å². The minimum atomic E-state index is -4.02. The molecule has 63 heavy (non-hydrogen) atoms. The molecule has 3 amide bonds. The maximum Gasteiger partial charge on any atom is 0.297 e. The van der Waals surface area contributed by atoms with Gasteiger partial charge in [-0.1, -0.05) is 67.6 Å². The highest BCUT2D eigenvalue weighted by molar-refractivity contribution is 7.92. The highest BCUT2D eigenvalue weighted by Gasteiger charge is 2.38. The maximum absolute atomic E-state index is 13.2. The molecule has 2 aliphatic rings. The molecule has 3 heterocycles. The first-order valence-electron chi connectivity index (χ1n) is 21.4. The highest BCUT2D eigenvalue weighted by Crippen LogP contribution is 2.46. The topological polar surface area (TPSA) is 202 Å². The quantitative estimate of drug-likeness (QED) is 0.0500. The van der Waals surface area contributed by atoms with Crippen molar-refractivity contribution >= 4 is 56.2 Å². The molecule has 4 aromatic carbocycles. The molecule has 0 unspecified atom stereocenters. The molecule has 330 valence electrons. The normalized spacial score (nSPS) is 18.2. The highest BCUT2D eigenvalue weighted by atomic mass is 32.2. The molecule has 4 atom stereocenters. The van der Waals surface area contributed by atoms with Gasteiger partial charge in [-0.05, 0) is 93.1 Å². The van der Waals surface area contributed by atoms with E-state index in [1.807, 2.05) is 85.5 Å². The summed E-state index contributed by atoms with van der Waals surface area (Å²) in [5.74, 6) is -1.00. The van der Waals surface area contributed by atoms with Crippen LogP contribution in [-0.2, 0) is 31.0 Å². The fourth-order valence-corrected chi connectivity index (χ4v) is 9.96. The number of unbranched alkanes of at least 4 members (excludes halogenated alkanes) is 1. The van der Waals surface area contributed by atoms with Crippen molar-refractivity contribution in [3.63, 3.8) is 0 Å². The van der Waals surface area contributed by atoms with Gasteiger partial charge in [-0.15, -0.1) is 5.10 Å². The zero-order valence-electron chi connectivity index (χ0n) is 35.9. The van der Waals surface area contributed by atoms with Crippen LogP contribution in [-0.4, -0.2) is 63.9 Å². The summed E-state index contributed by atoms with van der Waals surface area (Å²) >= 11 is 0. The Hall–Kier alpha value is -6.62. The number of hydrogen-bond acceptors (Lipinski definition) is 10. The standard InChI is InChI=1S/C46H53N9O7S/c1-5-44(57)53-30(3)26-38(35-14-7-9-18-41(35)53)36-16-13-17-39(46(36)55(59)60)50-63(61,62)25-12-11-20-43(56)47-28-33-29-52(51-49-33)34-23-21-32(22-24-34)48-40-27-31(4)54(45(58)6-2)42-19-10-8-15-37(40)42/h7-10,13-19,21-24,29-31,38,40,48,50H,5-6,11-12,20,25-28H2,1-4H3,(H,47,56)/t30-,31-,38+,40+/m0/s1. The molecule has 3 N–H and O–H groups in total. The first-order chi connectivity index (χ1) is 30.3. The number of carbonyl (C=O) groups is 3. The van der Waals surface area contributed by atoms with Gasteiger partial charge in [0.25, 0.3) is 5.69 Å². The van der Waals surface area contributed by atoms with Gasteiger partial charge in [0.05, 0.1) is 35.1 Å². The van der Waals surface area contributed by atoms with E-state index in [9.17, 15) is 32.9 Å². The van der Waals surface area contributed by atoms with E-state index in [4.69, 9.17) is 0 Å². The molecule has 17 heteroatoms. The third-order valence-electron chi connectivity index (χ3n) is 11.8. The Morgan fingerprint density at radius 1 is 0.794 bits per heavy atom. The molecule has 0 aliphatic carbocycles. The van der Waals surface area contributed by atoms with E-state index in [1.54, 1.807) is 34.8 Å². The molecular weight excluding hydrogens is 823 g/mol. The molecule has 0 radical (unpaired) electrons. The van der Waals surface area contributed by atoms with E-state index in [0.717, 1.165) is 34.6 Å². The number of fused-ring (bicyclic) bond motifs is 2. The Bertz CT molecular complexity index is 2600. The minimum absolute atomic E-state index is 0.0287. The first kappa shape index (κ1) is 44.4. The van der Waals surface area contributed by atoms with Crippen LogP contribution in [0.4, 0.5) is 28.4 Å². The predicted octanol–water partition coefficient (Wildman–Crippen LogP) is 7.76. The lowest BCUT2D eigenvalue weighted by Crippen LogP contribution is -2.44. The number of anilines is 4. The number of nitro groups is 1. The van der Waals surface area contributed by atoms with Crippen LogP contribution in [0.15, 0.2) is 97.2 Å². The van der Waals surface area contributed by atoms with Gasteiger partial charge in [0.1, 0.15) is 11.4 Å². The second kappa shape index (κ2) is 19.2. The summed E-state index contributed by atoms with van der Waals surface area (Å²) in [5.41, 5.74) is 5.61. The van der Waals surface area contributed by atoms with Crippen LogP contribution in [0.1, 0.15) is 107 Å². The second-order valence-electron chi connectivity index (χ2n) is 16.1. The molecule has 7 rings (SSSR count). The molecule has 2 aliphatic heterocycles. The summed E-state index contributed by atoms with van der Waals surface area (Å²) in [6, 6.07) is 27.6. The minimum Gasteiger partial charge on any atom is -0.378 e. The van der Waals surface area contributed by atoms with E-state index in [0.29, 0.717) is 36.2 Å². The fourth-order valence-electron chi connectivity index (χ4n) is 8.78. The van der Waals surface area contributed by atoms with Crippen molar-refractivity contribution in [2.24, 2.45) is 0 Å². The van der Waals surface area contributed by atoms with Gasteiger partial charge >= 0.3 is 0 Å². The summed E-state index contributed by atoms with van der Waals surface area (Å²) < 4.78 is 30.5. The number of sulfonamides is 1. The second-order valence-corrected chi connectivity index (χ2v) is 18.0. The van der Waals surface area contributed by atoms with Gasteiger partial charge in [-0.3, -0.25) is 29.2 Å². The summed E-state index contributed by atoms with van der Waals surface area (Å²) in [7, 11) is -4.02.